The SMILES string of the molecule is Cc1cc(=O)n2c(-c3ccc(NC(=O)Nc4ccc(F)cc4)cc3)csc2n1. The van der Waals surface area contributed by atoms with Gasteiger partial charge in [0.25, 0.3) is 5.56 Å². The van der Waals surface area contributed by atoms with Crippen LogP contribution in [0.15, 0.2) is 64.8 Å². The van der Waals surface area contributed by atoms with Crippen molar-refractivity contribution >= 4 is 33.7 Å². The number of aromatic nitrogens is 2. The zero-order valence-electron chi connectivity index (χ0n) is 14.8. The Morgan fingerprint density at radius 3 is 2.29 bits per heavy atom. The van der Waals surface area contributed by atoms with E-state index in [-0.39, 0.29) is 11.4 Å². The molecule has 28 heavy (non-hydrogen) atoms. The van der Waals surface area contributed by atoms with Gasteiger partial charge in [0, 0.05) is 28.5 Å². The molecule has 0 atom stereocenters. The predicted octanol–water partition coefficient (Wildman–Crippen LogP) is 4.51. The first-order valence-electron chi connectivity index (χ1n) is 8.41. The Morgan fingerprint density at radius 1 is 1.04 bits per heavy atom. The number of amides is 2. The van der Waals surface area contributed by atoms with E-state index in [0.29, 0.717) is 22.0 Å². The number of aryl methyl sites for hydroxylation is 1. The monoisotopic (exact) mass is 394 g/mol. The van der Waals surface area contributed by atoms with Crippen molar-refractivity contribution in [3.8, 4) is 11.3 Å². The minimum atomic E-state index is -0.434. The summed E-state index contributed by atoms with van der Waals surface area (Å²) in [6.45, 7) is 1.79. The first kappa shape index (κ1) is 17.9. The van der Waals surface area contributed by atoms with Gasteiger partial charge in [0.05, 0.1) is 5.69 Å². The highest BCUT2D eigenvalue weighted by molar-refractivity contribution is 7.15. The molecule has 0 fully saturated rings. The number of thiazole rings is 1. The zero-order chi connectivity index (χ0) is 19.7. The lowest BCUT2D eigenvalue weighted by molar-refractivity contribution is 0.262. The fourth-order valence-electron chi connectivity index (χ4n) is 2.78. The summed E-state index contributed by atoms with van der Waals surface area (Å²) in [7, 11) is 0. The van der Waals surface area contributed by atoms with Crippen molar-refractivity contribution in [1.29, 1.82) is 0 Å². The van der Waals surface area contributed by atoms with Gasteiger partial charge in [0.15, 0.2) is 4.96 Å². The van der Waals surface area contributed by atoms with E-state index in [0.717, 1.165) is 11.3 Å². The number of halogens is 1. The molecular formula is C20H15FN4O2S. The fraction of sp³-hybridized carbons (Fsp3) is 0.0500. The van der Waals surface area contributed by atoms with E-state index < -0.39 is 6.03 Å². The molecule has 2 heterocycles. The number of nitrogens with zero attached hydrogens (tertiary/aromatic N) is 2. The number of nitrogens with one attached hydrogen (secondary N) is 2. The van der Waals surface area contributed by atoms with E-state index in [4.69, 9.17) is 0 Å². The summed E-state index contributed by atoms with van der Waals surface area (Å²) < 4.78 is 14.5. The van der Waals surface area contributed by atoms with Gasteiger partial charge in [-0.25, -0.2) is 14.2 Å². The van der Waals surface area contributed by atoms with Gasteiger partial charge in [-0.15, -0.1) is 11.3 Å². The number of rotatable bonds is 3. The Balaban J connectivity index is 1.52. The van der Waals surface area contributed by atoms with Crippen LogP contribution in [0, 0.1) is 12.7 Å². The van der Waals surface area contributed by atoms with Gasteiger partial charge in [-0.05, 0) is 48.9 Å². The van der Waals surface area contributed by atoms with E-state index in [2.05, 4.69) is 15.6 Å². The maximum absolute atomic E-state index is 12.9. The molecule has 2 aromatic heterocycles. The Morgan fingerprint density at radius 2 is 1.64 bits per heavy atom. The summed E-state index contributed by atoms with van der Waals surface area (Å²) in [6, 6.07) is 13.7. The average molecular weight is 394 g/mol. The van der Waals surface area contributed by atoms with Gasteiger partial charge in [-0.1, -0.05) is 12.1 Å². The predicted molar refractivity (Wildman–Crippen MR) is 109 cm³/mol. The van der Waals surface area contributed by atoms with Gasteiger partial charge in [0.1, 0.15) is 5.82 Å². The third-order valence-electron chi connectivity index (χ3n) is 4.07. The first-order chi connectivity index (χ1) is 13.5. The Bertz CT molecular complexity index is 1210. The van der Waals surface area contributed by atoms with Crippen molar-refractivity contribution in [2.24, 2.45) is 0 Å². The summed E-state index contributed by atoms with van der Waals surface area (Å²) in [5.41, 5.74) is 3.22. The quantitative estimate of drug-likeness (QED) is 0.537. The van der Waals surface area contributed by atoms with Crippen LogP contribution in [0.25, 0.3) is 16.2 Å². The molecule has 0 aliphatic carbocycles. The highest BCUT2D eigenvalue weighted by Crippen LogP contribution is 2.25. The van der Waals surface area contributed by atoms with Crippen molar-refractivity contribution in [2.75, 3.05) is 10.6 Å². The number of benzene rings is 2. The lowest BCUT2D eigenvalue weighted by Gasteiger charge is -2.08. The maximum Gasteiger partial charge on any atom is 0.323 e. The molecule has 0 spiro atoms. The molecule has 4 aromatic rings. The average Bonchev–Trinajstić information content (AvgIpc) is 3.08. The largest absolute Gasteiger partial charge is 0.323 e. The number of carbonyl (C=O) groups is 1. The number of fused-ring (bicyclic) bond motifs is 1. The number of anilines is 2. The van der Waals surface area contributed by atoms with Gasteiger partial charge in [0.2, 0.25) is 0 Å². The van der Waals surface area contributed by atoms with Crippen LogP contribution in [0.3, 0.4) is 0 Å². The van der Waals surface area contributed by atoms with Crippen molar-refractivity contribution in [3.63, 3.8) is 0 Å². The summed E-state index contributed by atoms with van der Waals surface area (Å²) in [5.74, 6) is -0.369. The van der Waals surface area contributed by atoms with Crippen LogP contribution < -0.4 is 16.2 Å². The second-order valence-electron chi connectivity index (χ2n) is 6.14. The standard InChI is InChI=1S/C20H15FN4O2S/c1-12-10-18(26)25-17(11-28-20(25)22-12)13-2-6-15(7-3-13)23-19(27)24-16-8-4-14(21)5-9-16/h2-11H,1H3,(H2,23,24,27). The Kier molecular flexibility index (Phi) is 4.62. The van der Waals surface area contributed by atoms with Crippen LogP contribution in [0.1, 0.15) is 5.69 Å². The van der Waals surface area contributed by atoms with Crippen LogP contribution in [-0.4, -0.2) is 15.4 Å². The van der Waals surface area contributed by atoms with E-state index >= 15 is 0 Å². The molecular weight excluding hydrogens is 379 g/mol. The highest BCUT2D eigenvalue weighted by atomic mass is 32.1. The summed E-state index contributed by atoms with van der Waals surface area (Å²) in [4.78, 5) is 29.4. The van der Waals surface area contributed by atoms with Crippen LogP contribution in [0.5, 0.6) is 0 Å². The van der Waals surface area contributed by atoms with E-state index in [1.807, 2.05) is 17.5 Å². The topological polar surface area (TPSA) is 75.5 Å². The smallest absolute Gasteiger partial charge is 0.308 e. The summed E-state index contributed by atoms with van der Waals surface area (Å²) >= 11 is 1.40. The van der Waals surface area contributed by atoms with Crippen molar-refractivity contribution < 1.29 is 9.18 Å². The normalized spacial score (nSPS) is 10.8. The maximum atomic E-state index is 12.9. The number of urea groups is 1. The molecule has 8 heteroatoms. The molecule has 0 saturated carbocycles. The summed E-state index contributed by atoms with van der Waals surface area (Å²) in [5, 5.41) is 7.22. The van der Waals surface area contributed by atoms with E-state index in [1.54, 1.807) is 23.5 Å². The highest BCUT2D eigenvalue weighted by Gasteiger charge is 2.10. The fourth-order valence-corrected chi connectivity index (χ4v) is 3.73. The molecule has 0 saturated heterocycles. The molecule has 4 rings (SSSR count). The van der Waals surface area contributed by atoms with Crippen molar-refractivity contribution in [3.05, 3.63) is 81.8 Å². The molecule has 0 radical (unpaired) electrons. The molecule has 2 amide bonds. The lowest BCUT2D eigenvalue weighted by Crippen LogP contribution is -2.19. The number of hydrogen-bond acceptors (Lipinski definition) is 4. The zero-order valence-corrected chi connectivity index (χ0v) is 15.6. The molecule has 0 aliphatic heterocycles. The molecule has 2 aromatic carbocycles. The Labute approximate surface area is 163 Å². The third-order valence-corrected chi connectivity index (χ3v) is 4.90. The molecule has 0 bridgehead atoms. The van der Waals surface area contributed by atoms with Crippen LogP contribution in [0.2, 0.25) is 0 Å². The van der Waals surface area contributed by atoms with Gasteiger partial charge in [-0.2, -0.15) is 0 Å². The number of hydrogen-bond donors (Lipinski definition) is 2. The lowest BCUT2D eigenvalue weighted by atomic mass is 10.1. The first-order valence-corrected chi connectivity index (χ1v) is 9.29. The molecule has 0 unspecified atom stereocenters. The van der Waals surface area contributed by atoms with Gasteiger partial charge < -0.3 is 10.6 Å². The molecule has 140 valence electrons. The van der Waals surface area contributed by atoms with E-state index in [1.165, 1.54) is 41.7 Å². The molecule has 0 aliphatic rings. The van der Waals surface area contributed by atoms with E-state index in [9.17, 15) is 14.0 Å². The van der Waals surface area contributed by atoms with Crippen LogP contribution in [0.4, 0.5) is 20.6 Å². The van der Waals surface area contributed by atoms with Gasteiger partial charge in [-0.3, -0.25) is 9.20 Å². The number of carbonyl (C=O) groups excluding carboxylic acids is 1. The second-order valence-corrected chi connectivity index (χ2v) is 6.97. The van der Waals surface area contributed by atoms with Crippen LogP contribution >= 0.6 is 11.3 Å². The van der Waals surface area contributed by atoms with Crippen molar-refractivity contribution in [1.82, 2.24) is 9.38 Å². The minimum absolute atomic E-state index is 0.125. The molecule has 2 N–H and O–H groups in total. The third kappa shape index (κ3) is 3.63. The van der Waals surface area contributed by atoms with Crippen LogP contribution in [-0.2, 0) is 0 Å². The van der Waals surface area contributed by atoms with Gasteiger partial charge >= 0.3 is 6.03 Å². The van der Waals surface area contributed by atoms with Crippen molar-refractivity contribution in [2.45, 2.75) is 6.92 Å². The summed E-state index contributed by atoms with van der Waals surface area (Å²) in [6.07, 6.45) is 0. The second kappa shape index (κ2) is 7.24. The minimum Gasteiger partial charge on any atom is -0.308 e. The molecule has 6 nitrogen and oxygen atoms in total. The Hall–Kier alpha value is -3.52.